The lowest BCUT2D eigenvalue weighted by Crippen LogP contribution is -2.27. The summed E-state index contributed by atoms with van der Waals surface area (Å²) in [6.45, 7) is 0.518. The zero-order valence-corrected chi connectivity index (χ0v) is 9.63. The van der Waals surface area contributed by atoms with Gasteiger partial charge < -0.3 is 15.2 Å². The molecule has 2 rings (SSSR count). The molecule has 0 saturated carbocycles. The van der Waals surface area contributed by atoms with Gasteiger partial charge in [-0.05, 0) is 29.9 Å². The first kappa shape index (κ1) is 11.5. The molecule has 1 aromatic carbocycles. The van der Waals surface area contributed by atoms with E-state index in [1.54, 1.807) is 18.2 Å². The van der Waals surface area contributed by atoms with E-state index < -0.39 is 0 Å². The molecule has 1 aromatic heterocycles. The third-order valence-electron chi connectivity index (χ3n) is 2.05. The van der Waals surface area contributed by atoms with E-state index in [2.05, 4.69) is 20.3 Å². The molecule has 4 nitrogen and oxygen atoms in total. The van der Waals surface area contributed by atoms with E-state index in [0.29, 0.717) is 17.5 Å². The molecule has 2 aromatic rings. The van der Waals surface area contributed by atoms with E-state index in [0.717, 1.165) is 5.56 Å². The molecule has 0 aliphatic heterocycles. The maximum Gasteiger partial charge on any atom is 0.175 e. The number of aromatic nitrogens is 1. The minimum atomic E-state index is -0.253. The van der Waals surface area contributed by atoms with Crippen LogP contribution in [0.3, 0.4) is 0 Å². The predicted octanol–water partition coefficient (Wildman–Crippen LogP) is 2.30. The second-order valence-electron chi connectivity index (χ2n) is 3.32. The molecule has 6 heteroatoms. The van der Waals surface area contributed by atoms with Gasteiger partial charge in [-0.1, -0.05) is 17.3 Å². The van der Waals surface area contributed by atoms with Crippen molar-refractivity contribution in [2.45, 2.75) is 6.54 Å². The average Bonchev–Trinajstić information content (AvgIpc) is 2.81. The Morgan fingerprint density at radius 3 is 2.71 bits per heavy atom. The van der Waals surface area contributed by atoms with E-state index in [9.17, 15) is 4.39 Å². The second kappa shape index (κ2) is 5.40. The Balaban J connectivity index is 1.82. The highest BCUT2D eigenvalue weighted by Crippen LogP contribution is 2.03. The summed E-state index contributed by atoms with van der Waals surface area (Å²) in [4.78, 5) is 0. The first-order valence-electron chi connectivity index (χ1n) is 4.94. The number of nitrogens with zero attached hydrogens (tertiary/aromatic N) is 1. The molecular weight excluding hydrogens is 241 g/mol. The smallest absolute Gasteiger partial charge is 0.175 e. The lowest BCUT2D eigenvalue weighted by molar-refractivity contribution is 0.423. The van der Waals surface area contributed by atoms with Crippen molar-refractivity contribution in [2.75, 3.05) is 5.32 Å². The van der Waals surface area contributed by atoms with Crippen LogP contribution in [0.5, 0.6) is 0 Å². The van der Waals surface area contributed by atoms with E-state index in [4.69, 9.17) is 12.2 Å². The van der Waals surface area contributed by atoms with Crippen molar-refractivity contribution in [3.05, 3.63) is 48.0 Å². The molecule has 0 unspecified atom stereocenters. The third kappa shape index (κ3) is 3.53. The quantitative estimate of drug-likeness (QED) is 0.820. The van der Waals surface area contributed by atoms with Crippen LogP contribution in [0.1, 0.15) is 5.56 Å². The van der Waals surface area contributed by atoms with Gasteiger partial charge in [-0.15, -0.1) is 0 Å². The minimum Gasteiger partial charge on any atom is -0.363 e. The number of hydrogen-bond acceptors (Lipinski definition) is 3. The minimum absolute atomic E-state index is 0.253. The molecule has 0 radical (unpaired) electrons. The summed E-state index contributed by atoms with van der Waals surface area (Å²) in [5, 5.41) is 9.91. The SMILES string of the molecule is Fc1ccc(CNC(=S)Nc2ccon2)cc1. The molecule has 1 heterocycles. The van der Waals surface area contributed by atoms with E-state index in [-0.39, 0.29) is 5.82 Å². The second-order valence-corrected chi connectivity index (χ2v) is 3.73. The predicted molar refractivity (Wildman–Crippen MR) is 66.0 cm³/mol. The summed E-state index contributed by atoms with van der Waals surface area (Å²) in [6.07, 6.45) is 1.45. The fraction of sp³-hybridized carbons (Fsp3) is 0.0909. The maximum absolute atomic E-state index is 12.7. The Labute approximate surface area is 103 Å². The lowest BCUT2D eigenvalue weighted by atomic mass is 10.2. The zero-order chi connectivity index (χ0) is 12.1. The molecule has 0 aliphatic carbocycles. The normalized spacial score (nSPS) is 9.94. The van der Waals surface area contributed by atoms with Crippen LogP contribution >= 0.6 is 12.2 Å². The standard InChI is InChI=1S/C11H10FN3OS/c12-9-3-1-8(2-4-9)7-13-11(17)14-10-5-6-16-15-10/h1-6H,7H2,(H2,13,14,15,17). The van der Waals surface area contributed by atoms with E-state index in [1.165, 1.54) is 18.4 Å². The van der Waals surface area contributed by atoms with Gasteiger partial charge in [0.05, 0.1) is 0 Å². The molecule has 2 N–H and O–H groups in total. The number of anilines is 1. The molecule has 0 spiro atoms. The highest BCUT2D eigenvalue weighted by atomic mass is 32.1. The summed E-state index contributed by atoms with van der Waals surface area (Å²) in [6, 6.07) is 7.87. The van der Waals surface area contributed by atoms with Crippen LogP contribution in [0.25, 0.3) is 0 Å². The van der Waals surface area contributed by atoms with Crippen LogP contribution in [0.2, 0.25) is 0 Å². The van der Waals surface area contributed by atoms with Gasteiger partial charge >= 0.3 is 0 Å². The van der Waals surface area contributed by atoms with Crippen LogP contribution in [0, 0.1) is 5.82 Å². The average molecular weight is 251 g/mol. The molecule has 0 saturated heterocycles. The van der Waals surface area contributed by atoms with Gasteiger partial charge in [0.25, 0.3) is 0 Å². The molecule has 88 valence electrons. The van der Waals surface area contributed by atoms with Crippen LogP contribution in [0.4, 0.5) is 10.2 Å². The highest BCUT2D eigenvalue weighted by molar-refractivity contribution is 7.80. The number of nitrogens with one attached hydrogen (secondary N) is 2. The zero-order valence-electron chi connectivity index (χ0n) is 8.81. The van der Waals surface area contributed by atoms with Crippen LogP contribution < -0.4 is 10.6 Å². The summed E-state index contributed by atoms with van der Waals surface area (Å²) < 4.78 is 17.3. The summed E-state index contributed by atoms with van der Waals surface area (Å²) in [5.41, 5.74) is 0.940. The monoisotopic (exact) mass is 251 g/mol. The lowest BCUT2D eigenvalue weighted by Gasteiger charge is -2.07. The Morgan fingerprint density at radius 2 is 2.06 bits per heavy atom. The van der Waals surface area contributed by atoms with Gasteiger partial charge in [-0.3, -0.25) is 0 Å². The molecule has 0 fully saturated rings. The number of hydrogen-bond donors (Lipinski definition) is 2. The number of halogens is 1. The highest BCUT2D eigenvalue weighted by Gasteiger charge is 2.00. The van der Waals surface area contributed by atoms with Crippen molar-refractivity contribution >= 4 is 23.1 Å². The molecule has 0 aliphatic rings. The topological polar surface area (TPSA) is 50.1 Å². The summed E-state index contributed by atoms with van der Waals surface area (Å²) in [5.74, 6) is 0.290. The molecular formula is C11H10FN3OS. The fourth-order valence-electron chi connectivity index (χ4n) is 1.22. The van der Waals surface area contributed by atoms with Crippen molar-refractivity contribution in [3.8, 4) is 0 Å². The Bertz CT molecular complexity index is 484. The number of benzene rings is 1. The van der Waals surface area contributed by atoms with E-state index in [1.807, 2.05) is 0 Å². The Hall–Kier alpha value is -1.95. The van der Waals surface area contributed by atoms with Gasteiger partial charge in [0.15, 0.2) is 10.9 Å². The summed E-state index contributed by atoms with van der Waals surface area (Å²) in [7, 11) is 0. The van der Waals surface area contributed by atoms with Crippen LogP contribution in [0.15, 0.2) is 41.1 Å². The van der Waals surface area contributed by atoms with Gasteiger partial charge in [-0.2, -0.15) is 0 Å². The fourth-order valence-corrected chi connectivity index (χ4v) is 1.40. The third-order valence-corrected chi connectivity index (χ3v) is 2.29. The van der Waals surface area contributed by atoms with Gasteiger partial charge in [-0.25, -0.2) is 4.39 Å². The first-order chi connectivity index (χ1) is 8.24. The molecule has 0 atom stereocenters. The Kier molecular flexibility index (Phi) is 3.66. The van der Waals surface area contributed by atoms with Crippen LogP contribution in [-0.4, -0.2) is 10.3 Å². The Morgan fingerprint density at radius 1 is 1.29 bits per heavy atom. The van der Waals surface area contributed by atoms with Crippen molar-refractivity contribution in [3.63, 3.8) is 0 Å². The van der Waals surface area contributed by atoms with Gasteiger partial charge in [0, 0.05) is 12.6 Å². The van der Waals surface area contributed by atoms with Crippen molar-refractivity contribution in [2.24, 2.45) is 0 Å². The van der Waals surface area contributed by atoms with Crippen molar-refractivity contribution in [1.29, 1.82) is 0 Å². The molecule has 0 bridgehead atoms. The summed E-state index contributed by atoms with van der Waals surface area (Å²) >= 11 is 5.05. The van der Waals surface area contributed by atoms with Gasteiger partial charge in [0.2, 0.25) is 0 Å². The number of rotatable bonds is 3. The first-order valence-corrected chi connectivity index (χ1v) is 5.34. The van der Waals surface area contributed by atoms with E-state index >= 15 is 0 Å². The van der Waals surface area contributed by atoms with Crippen molar-refractivity contribution in [1.82, 2.24) is 10.5 Å². The maximum atomic E-state index is 12.7. The largest absolute Gasteiger partial charge is 0.363 e. The van der Waals surface area contributed by atoms with Crippen molar-refractivity contribution < 1.29 is 8.91 Å². The van der Waals surface area contributed by atoms with Crippen LogP contribution in [-0.2, 0) is 6.54 Å². The molecule has 0 amide bonds. The molecule has 17 heavy (non-hydrogen) atoms. The number of thiocarbonyl (C=S) groups is 1. The van der Waals surface area contributed by atoms with Gasteiger partial charge in [0.1, 0.15) is 12.1 Å².